The normalized spacial score (nSPS) is 23.1. The second-order valence-electron chi connectivity index (χ2n) is 19.2. The van der Waals surface area contributed by atoms with Crippen LogP contribution in [0.3, 0.4) is 0 Å². The van der Waals surface area contributed by atoms with E-state index in [2.05, 4.69) is 53.7 Å². The third-order valence-corrected chi connectivity index (χ3v) is 14.4. The Kier molecular flexibility index (Phi) is 18.7. The molecule has 0 spiro atoms. The number of benzene rings is 2. The lowest BCUT2D eigenvalue weighted by molar-refractivity contribution is -0.163. The van der Waals surface area contributed by atoms with E-state index in [1.54, 1.807) is 55.7 Å². The zero-order valence-corrected chi connectivity index (χ0v) is 38.3. The molecule has 324 valence electrons. The summed E-state index contributed by atoms with van der Waals surface area (Å²) in [4.78, 5) is 0. The Morgan fingerprint density at radius 3 is 1.21 bits per heavy atom. The fraction of sp³-hybridized carbons (Fsp3) is 0.741. The molecule has 2 aliphatic heterocycles. The summed E-state index contributed by atoms with van der Waals surface area (Å²) in [5, 5.41) is 0. The van der Waals surface area contributed by atoms with Gasteiger partial charge in [-0.1, -0.05) is 103 Å². The number of allylic oxidation sites excluding steroid dienone is 2. The summed E-state index contributed by atoms with van der Waals surface area (Å²) < 4.78 is 23.2. The van der Waals surface area contributed by atoms with Crippen molar-refractivity contribution in [3.05, 3.63) is 67.8 Å². The number of rotatable bonds is 24. The van der Waals surface area contributed by atoms with Crippen LogP contribution >= 0.6 is 0 Å². The maximum atomic E-state index is 5.92. The van der Waals surface area contributed by atoms with E-state index in [0.717, 1.165) is 39.3 Å². The molecular weight excluding hydrogens is 713 g/mol. The predicted octanol–water partition coefficient (Wildman–Crippen LogP) is 14.6. The Morgan fingerprint density at radius 1 is 0.483 bits per heavy atom. The van der Waals surface area contributed by atoms with Crippen LogP contribution in [0.25, 0.3) is 11.1 Å². The second kappa shape index (κ2) is 23.9. The van der Waals surface area contributed by atoms with Gasteiger partial charge < -0.3 is 18.9 Å². The van der Waals surface area contributed by atoms with Gasteiger partial charge in [0.15, 0.2) is 12.6 Å². The van der Waals surface area contributed by atoms with Gasteiger partial charge in [0.05, 0.1) is 0 Å². The lowest BCUT2D eigenvalue weighted by Crippen LogP contribution is -2.22. The average Bonchev–Trinajstić information content (AvgIpc) is 3.76. The van der Waals surface area contributed by atoms with Gasteiger partial charge in [-0.15, -0.1) is 0 Å². The van der Waals surface area contributed by atoms with Crippen LogP contribution in [0.5, 0.6) is 0 Å². The number of unbranched alkanes of at least 4 members (excludes halogenated alkanes) is 14. The highest BCUT2D eigenvalue weighted by atomic mass is 16.7. The van der Waals surface area contributed by atoms with Crippen molar-refractivity contribution in [2.24, 2.45) is 11.8 Å². The molecule has 2 aromatic carbocycles. The second-order valence-corrected chi connectivity index (χ2v) is 19.2. The van der Waals surface area contributed by atoms with E-state index >= 15 is 0 Å². The third kappa shape index (κ3) is 12.5. The minimum atomic E-state index is 0.0674. The van der Waals surface area contributed by atoms with Crippen molar-refractivity contribution >= 4 is 11.1 Å². The van der Waals surface area contributed by atoms with E-state index in [4.69, 9.17) is 18.9 Å². The first-order valence-corrected chi connectivity index (χ1v) is 24.8. The van der Waals surface area contributed by atoms with Gasteiger partial charge in [-0.05, 0) is 196 Å². The van der Waals surface area contributed by atoms with E-state index in [-0.39, 0.29) is 12.6 Å². The average molecular weight is 797 g/mol. The van der Waals surface area contributed by atoms with Gasteiger partial charge >= 0.3 is 0 Å². The Morgan fingerprint density at radius 2 is 0.845 bits per heavy atom. The Balaban J connectivity index is 0.973. The summed E-state index contributed by atoms with van der Waals surface area (Å²) in [6.45, 7) is 18.3. The zero-order chi connectivity index (χ0) is 40.7. The van der Waals surface area contributed by atoms with Crippen LogP contribution in [0.2, 0.25) is 0 Å². The fourth-order valence-corrected chi connectivity index (χ4v) is 11.0. The van der Waals surface area contributed by atoms with E-state index < -0.39 is 0 Å². The summed E-state index contributed by atoms with van der Waals surface area (Å²) in [7, 11) is 0. The van der Waals surface area contributed by atoms with Crippen molar-refractivity contribution < 1.29 is 18.9 Å². The summed E-state index contributed by atoms with van der Waals surface area (Å²) in [6, 6.07) is 5.14. The van der Waals surface area contributed by atoms with Crippen LogP contribution in [-0.4, -0.2) is 39.0 Å². The molecule has 0 aromatic heterocycles. The van der Waals surface area contributed by atoms with Crippen molar-refractivity contribution in [1.82, 2.24) is 0 Å². The highest BCUT2D eigenvalue weighted by molar-refractivity contribution is 6.00. The largest absolute Gasteiger partial charge is 0.353 e. The lowest BCUT2D eigenvalue weighted by atomic mass is 9.83. The fourth-order valence-electron chi connectivity index (χ4n) is 11.0. The summed E-state index contributed by atoms with van der Waals surface area (Å²) >= 11 is 0. The van der Waals surface area contributed by atoms with Crippen molar-refractivity contribution in [2.75, 3.05) is 26.4 Å². The standard InChI is InChI=1S/C54H84O4/c1-39-35-45(27-19-15-11-7-9-13-17-23-31-55-49-29-21-25-33-57-49)43(5)53-47(39)37-41(3)51(53)52-42(4)38-48-40(2)36-46(44(6)54(48)52)28-20-16-12-8-10-14-18-24-32-56-50-30-22-26-34-58-50/h35-36,41-42,49-50H,7-34,37-38H2,1-6H3/b52-51+. The molecule has 0 amide bonds. The molecule has 6 rings (SSSR count). The predicted molar refractivity (Wildman–Crippen MR) is 245 cm³/mol. The molecule has 2 saturated heterocycles. The van der Waals surface area contributed by atoms with Crippen molar-refractivity contribution in [3.8, 4) is 0 Å². The number of aryl methyl sites for hydroxylation is 4. The van der Waals surface area contributed by atoms with Gasteiger partial charge in [-0.3, -0.25) is 0 Å². The Hall–Kier alpha value is -1.98. The molecule has 4 atom stereocenters. The molecule has 0 saturated carbocycles. The minimum absolute atomic E-state index is 0.0674. The number of hydrogen-bond donors (Lipinski definition) is 0. The molecule has 2 aromatic rings. The molecule has 4 aliphatic rings. The molecular formula is C54H84O4. The molecule has 2 fully saturated rings. The first kappa shape index (κ1) is 45.5. The molecule has 0 N–H and O–H groups in total. The van der Waals surface area contributed by atoms with E-state index in [9.17, 15) is 0 Å². The monoisotopic (exact) mass is 797 g/mol. The van der Waals surface area contributed by atoms with Gasteiger partial charge in [-0.2, -0.15) is 0 Å². The molecule has 4 heteroatoms. The highest BCUT2D eigenvalue weighted by Gasteiger charge is 2.37. The maximum Gasteiger partial charge on any atom is 0.157 e. The van der Waals surface area contributed by atoms with Crippen LogP contribution in [0.4, 0.5) is 0 Å². The third-order valence-electron chi connectivity index (χ3n) is 14.4. The number of ether oxygens (including phenoxy) is 4. The lowest BCUT2D eigenvalue weighted by Gasteiger charge is -2.22. The summed E-state index contributed by atoms with van der Waals surface area (Å²) in [6.07, 6.45) is 33.1. The number of fused-ring (bicyclic) bond motifs is 2. The highest BCUT2D eigenvalue weighted by Crippen LogP contribution is 2.52. The van der Waals surface area contributed by atoms with Gasteiger partial charge in [-0.25, -0.2) is 0 Å². The van der Waals surface area contributed by atoms with Gasteiger partial charge in [0.1, 0.15) is 0 Å². The maximum absolute atomic E-state index is 5.92. The van der Waals surface area contributed by atoms with Crippen LogP contribution in [0, 0.1) is 39.5 Å². The van der Waals surface area contributed by atoms with Crippen LogP contribution < -0.4 is 0 Å². The Labute approximate surface area is 356 Å². The van der Waals surface area contributed by atoms with E-state index in [1.807, 2.05) is 0 Å². The first-order valence-electron chi connectivity index (χ1n) is 24.8. The zero-order valence-electron chi connectivity index (χ0n) is 38.3. The molecule has 0 radical (unpaired) electrons. The Bertz CT molecular complexity index is 1470. The molecule has 0 bridgehead atoms. The van der Waals surface area contributed by atoms with Crippen LogP contribution in [0.1, 0.15) is 211 Å². The molecule has 4 unspecified atom stereocenters. The number of hydrogen-bond acceptors (Lipinski definition) is 4. The summed E-state index contributed by atoms with van der Waals surface area (Å²) in [5.74, 6) is 1.17. The van der Waals surface area contributed by atoms with E-state index in [1.165, 1.54) is 165 Å². The minimum Gasteiger partial charge on any atom is -0.353 e. The van der Waals surface area contributed by atoms with Gasteiger partial charge in [0.25, 0.3) is 0 Å². The SMILES string of the molecule is Cc1cc(CCCCCCCCCCOC2CCCCO2)c(C)c2c1CC(C)/C2=C1\c2c(C)c(CCCCCCCCCCOC3CCCCO3)cc(C)c2CC1C. The summed E-state index contributed by atoms with van der Waals surface area (Å²) in [5.41, 5.74) is 19.4. The first-order chi connectivity index (χ1) is 28.3. The van der Waals surface area contributed by atoms with Crippen LogP contribution in [0.15, 0.2) is 12.1 Å². The molecule has 58 heavy (non-hydrogen) atoms. The van der Waals surface area contributed by atoms with E-state index in [0.29, 0.717) is 11.8 Å². The van der Waals surface area contributed by atoms with Gasteiger partial charge in [0, 0.05) is 26.4 Å². The smallest absolute Gasteiger partial charge is 0.157 e. The van der Waals surface area contributed by atoms with Crippen LogP contribution in [-0.2, 0) is 44.6 Å². The quantitative estimate of drug-likeness (QED) is 0.0992. The molecule has 2 aliphatic carbocycles. The van der Waals surface area contributed by atoms with Crippen molar-refractivity contribution in [1.29, 1.82) is 0 Å². The topological polar surface area (TPSA) is 36.9 Å². The molecule has 4 nitrogen and oxygen atoms in total. The van der Waals surface area contributed by atoms with Gasteiger partial charge in [0.2, 0.25) is 0 Å². The van der Waals surface area contributed by atoms with Crippen molar-refractivity contribution in [2.45, 2.75) is 221 Å². The molecule has 2 heterocycles. The van der Waals surface area contributed by atoms with Crippen molar-refractivity contribution in [3.63, 3.8) is 0 Å².